The van der Waals surface area contributed by atoms with Crippen LogP contribution in [0, 0.1) is 5.92 Å². The summed E-state index contributed by atoms with van der Waals surface area (Å²) in [6.07, 6.45) is 6.57. The van der Waals surface area contributed by atoms with Gasteiger partial charge in [0.25, 0.3) is 0 Å². The van der Waals surface area contributed by atoms with Gasteiger partial charge < -0.3 is 9.80 Å². The predicted molar refractivity (Wildman–Crippen MR) is 79.2 cm³/mol. The van der Waals surface area contributed by atoms with Crippen molar-refractivity contribution in [3.63, 3.8) is 0 Å². The molecule has 20 heavy (non-hydrogen) atoms. The molecule has 0 aromatic carbocycles. The summed E-state index contributed by atoms with van der Waals surface area (Å²) < 4.78 is 0. The molecule has 2 fully saturated rings. The van der Waals surface area contributed by atoms with Gasteiger partial charge in [0, 0.05) is 26.1 Å². The Bertz CT molecular complexity index is 348. The zero-order valence-corrected chi connectivity index (χ0v) is 12.9. The van der Waals surface area contributed by atoms with Crippen molar-refractivity contribution in [1.82, 2.24) is 9.80 Å². The lowest BCUT2D eigenvalue weighted by molar-refractivity contribution is -0.144. The molecular weight excluding hydrogens is 252 g/mol. The molecule has 4 nitrogen and oxygen atoms in total. The fourth-order valence-corrected chi connectivity index (χ4v) is 3.23. The maximum Gasteiger partial charge on any atom is 0.245 e. The van der Waals surface area contributed by atoms with E-state index in [0.717, 1.165) is 64.1 Å². The molecule has 1 atom stereocenters. The van der Waals surface area contributed by atoms with E-state index in [9.17, 15) is 9.59 Å². The summed E-state index contributed by atoms with van der Waals surface area (Å²) in [6, 6.07) is -0.173. The third-order valence-corrected chi connectivity index (χ3v) is 4.70. The Kier molecular flexibility index (Phi) is 5.44. The standard InChI is InChI=1S/C16H28N2O2/c1-3-4-7-15(19)18-10-5-6-14(18)16(20)17-11-8-13(2)9-12-17/h13-14H,3-12H2,1-2H3. The van der Waals surface area contributed by atoms with E-state index in [1.54, 1.807) is 0 Å². The quantitative estimate of drug-likeness (QED) is 0.793. The minimum atomic E-state index is -0.173. The Morgan fingerprint density at radius 3 is 2.45 bits per heavy atom. The van der Waals surface area contributed by atoms with Crippen LogP contribution < -0.4 is 0 Å². The second-order valence-corrected chi connectivity index (χ2v) is 6.36. The van der Waals surface area contributed by atoms with Crippen LogP contribution in [0.4, 0.5) is 0 Å². The molecule has 1 unspecified atom stereocenters. The van der Waals surface area contributed by atoms with Crippen LogP contribution in [0.2, 0.25) is 0 Å². The fourth-order valence-electron chi connectivity index (χ4n) is 3.23. The third-order valence-electron chi connectivity index (χ3n) is 4.70. The van der Waals surface area contributed by atoms with Crippen LogP contribution in [-0.4, -0.2) is 47.3 Å². The van der Waals surface area contributed by atoms with Gasteiger partial charge in [-0.05, 0) is 38.0 Å². The van der Waals surface area contributed by atoms with Crippen molar-refractivity contribution in [3.8, 4) is 0 Å². The van der Waals surface area contributed by atoms with E-state index in [1.807, 2.05) is 9.80 Å². The van der Waals surface area contributed by atoms with Gasteiger partial charge >= 0.3 is 0 Å². The molecule has 2 amide bonds. The summed E-state index contributed by atoms with van der Waals surface area (Å²) in [6.45, 7) is 6.84. The average Bonchev–Trinajstić information content (AvgIpc) is 2.94. The number of amides is 2. The van der Waals surface area contributed by atoms with Gasteiger partial charge in [-0.3, -0.25) is 9.59 Å². The monoisotopic (exact) mass is 280 g/mol. The molecule has 0 spiro atoms. The second-order valence-electron chi connectivity index (χ2n) is 6.36. The fraction of sp³-hybridized carbons (Fsp3) is 0.875. The largest absolute Gasteiger partial charge is 0.341 e. The lowest BCUT2D eigenvalue weighted by Crippen LogP contribution is -2.49. The molecular formula is C16H28N2O2. The van der Waals surface area contributed by atoms with Crippen molar-refractivity contribution in [2.45, 2.75) is 64.8 Å². The first kappa shape index (κ1) is 15.3. The zero-order chi connectivity index (χ0) is 14.5. The molecule has 2 aliphatic rings. The molecule has 114 valence electrons. The van der Waals surface area contributed by atoms with Crippen molar-refractivity contribution >= 4 is 11.8 Å². The van der Waals surface area contributed by atoms with Crippen molar-refractivity contribution in [3.05, 3.63) is 0 Å². The molecule has 0 aliphatic carbocycles. The van der Waals surface area contributed by atoms with E-state index in [-0.39, 0.29) is 17.9 Å². The number of nitrogens with zero attached hydrogens (tertiary/aromatic N) is 2. The molecule has 0 saturated carbocycles. The topological polar surface area (TPSA) is 40.6 Å². The summed E-state index contributed by atoms with van der Waals surface area (Å²) in [5.41, 5.74) is 0. The predicted octanol–water partition coefficient (Wildman–Crippen LogP) is 2.43. The molecule has 2 aliphatic heterocycles. The maximum absolute atomic E-state index is 12.6. The Balaban J connectivity index is 1.92. The highest BCUT2D eigenvalue weighted by molar-refractivity contribution is 5.88. The first-order valence-corrected chi connectivity index (χ1v) is 8.21. The van der Waals surface area contributed by atoms with E-state index in [2.05, 4.69) is 13.8 Å². The highest BCUT2D eigenvalue weighted by atomic mass is 16.2. The van der Waals surface area contributed by atoms with Gasteiger partial charge in [-0.25, -0.2) is 0 Å². The van der Waals surface area contributed by atoms with Crippen molar-refractivity contribution in [2.75, 3.05) is 19.6 Å². The van der Waals surface area contributed by atoms with Crippen molar-refractivity contribution < 1.29 is 9.59 Å². The van der Waals surface area contributed by atoms with Crippen molar-refractivity contribution in [1.29, 1.82) is 0 Å². The highest BCUT2D eigenvalue weighted by Gasteiger charge is 2.36. The normalized spacial score (nSPS) is 24.2. The van der Waals surface area contributed by atoms with Gasteiger partial charge in [-0.1, -0.05) is 20.3 Å². The average molecular weight is 280 g/mol. The summed E-state index contributed by atoms with van der Waals surface area (Å²) in [4.78, 5) is 28.7. The molecule has 4 heteroatoms. The Morgan fingerprint density at radius 2 is 1.80 bits per heavy atom. The van der Waals surface area contributed by atoms with Crippen LogP contribution in [0.1, 0.15) is 58.8 Å². The lowest BCUT2D eigenvalue weighted by atomic mass is 9.98. The van der Waals surface area contributed by atoms with Crippen LogP contribution in [0.5, 0.6) is 0 Å². The van der Waals surface area contributed by atoms with Gasteiger partial charge in [-0.2, -0.15) is 0 Å². The number of hydrogen-bond acceptors (Lipinski definition) is 2. The summed E-state index contributed by atoms with van der Waals surface area (Å²) in [5.74, 6) is 1.09. The summed E-state index contributed by atoms with van der Waals surface area (Å²) in [5, 5.41) is 0. The molecule has 0 bridgehead atoms. The van der Waals surface area contributed by atoms with Crippen LogP contribution >= 0.6 is 0 Å². The second kappa shape index (κ2) is 7.09. The minimum Gasteiger partial charge on any atom is -0.341 e. The first-order valence-electron chi connectivity index (χ1n) is 8.21. The van der Waals surface area contributed by atoms with Crippen LogP contribution in [0.25, 0.3) is 0 Å². The van der Waals surface area contributed by atoms with E-state index in [1.165, 1.54) is 0 Å². The Labute approximate surface area is 122 Å². The van der Waals surface area contributed by atoms with Gasteiger partial charge in [-0.15, -0.1) is 0 Å². The van der Waals surface area contributed by atoms with E-state index in [0.29, 0.717) is 6.42 Å². The van der Waals surface area contributed by atoms with Crippen LogP contribution in [0.15, 0.2) is 0 Å². The lowest BCUT2D eigenvalue weighted by Gasteiger charge is -2.34. The van der Waals surface area contributed by atoms with Crippen LogP contribution in [0.3, 0.4) is 0 Å². The van der Waals surface area contributed by atoms with Gasteiger partial charge in [0.2, 0.25) is 11.8 Å². The Hall–Kier alpha value is -1.06. The molecule has 0 N–H and O–H groups in total. The Morgan fingerprint density at radius 1 is 1.10 bits per heavy atom. The number of likely N-dealkylation sites (tertiary alicyclic amines) is 2. The number of piperidine rings is 1. The first-order chi connectivity index (χ1) is 9.63. The smallest absolute Gasteiger partial charge is 0.245 e. The van der Waals surface area contributed by atoms with E-state index >= 15 is 0 Å². The number of rotatable bonds is 4. The molecule has 0 radical (unpaired) electrons. The number of carbonyl (C=O) groups excluding carboxylic acids is 2. The highest BCUT2D eigenvalue weighted by Crippen LogP contribution is 2.24. The summed E-state index contributed by atoms with van der Waals surface area (Å²) in [7, 11) is 0. The van der Waals surface area contributed by atoms with Crippen LogP contribution in [-0.2, 0) is 9.59 Å². The minimum absolute atomic E-state index is 0.173. The van der Waals surface area contributed by atoms with Gasteiger partial charge in [0.05, 0.1) is 0 Å². The molecule has 2 rings (SSSR count). The number of hydrogen-bond donors (Lipinski definition) is 0. The number of carbonyl (C=O) groups is 2. The molecule has 2 saturated heterocycles. The number of unbranched alkanes of at least 4 members (excludes halogenated alkanes) is 1. The molecule has 2 heterocycles. The molecule has 0 aromatic heterocycles. The van der Waals surface area contributed by atoms with E-state index < -0.39 is 0 Å². The van der Waals surface area contributed by atoms with Gasteiger partial charge in [0.15, 0.2) is 0 Å². The van der Waals surface area contributed by atoms with E-state index in [4.69, 9.17) is 0 Å². The third kappa shape index (κ3) is 3.53. The van der Waals surface area contributed by atoms with Crippen molar-refractivity contribution in [2.24, 2.45) is 5.92 Å². The molecule has 0 aromatic rings. The SMILES string of the molecule is CCCCC(=O)N1CCCC1C(=O)N1CCC(C)CC1. The maximum atomic E-state index is 12.6. The summed E-state index contributed by atoms with van der Waals surface area (Å²) >= 11 is 0. The zero-order valence-electron chi connectivity index (χ0n) is 12.9. The van der Waals surface area contributed by atoms with Gasteiger partial charge in [0.1, 0.15) is 6.04 Å².